The van der Waals surface area contributed by atoms with Gasteiger partial charge in [-0.2, -0.15) is 0 Å². The lowest BCUT2D eigenvalue weighted by molar-refractivity contribution is 0.0950. The van der Waals surface area contributed by atoms with Crippen molar-refractivity contribution >= 4 is 16.8 Å². The Labute approximate surface area is 167 Å². The zero-order valence-corrected chi connectivity index (χ0v) is 15.6. The van der Waals surface area contributed by atoms with Crippen LogP contribution in [-0.2, 0) is 13.2 Å². The van der Waals surface area contributed by atoms with Gasteiger partial charge in [0.15, 0.2) is 0 Å². The molecule has 0 unspecified atom stereocenters. The smallest absolute Gasteiger partial charge is 0.251 e. The van der Waals surface area contributed by atoms with E-state index in [1.165, 1.54) is 12.3 Å². The van der Waals surface area contributed by atoms with Gasteiger partial charge in [0.05, 0.1) is 0 Å². The molecule has 6 heteroatoms. The maximum absolute atomic E-state index is 12.6. The Morgan fingerprint density at radius 3 is 2.66 bits per heavy atom. The van der Waals surface area contributed by atoms with Gasteiger partial charge in [-0.3, -0.25) is 9.59 Å². The number of benzene rings is 2. The lowest BCUT2D eigenvalue weighted by Gasteiger charge is -2.09. The van der Waals surface area contributed by atoms with E-state index in [4.69, 9.17) is 4.74 Å². The number of aromatic nitrogens is 2. The molecule has 0 fully saturated rings. The van der Waals surface area contributed by atoms with Crippen molar-refractivity contribution in [2.45, 2.75) is 13.2 Å². The zero-order valence-electron chi connectivity index (χ0n) is 15.6. The normalized spacial score (nSPS) is 10.6. The zero-order chi connectivity index (χ0) is 20.1. The summed E-state index contributed by atoms with van der Waals surface area (Å²) < 4.78 is 5.68. The van der Waals surface area contributed by atoms with Crippen LogP contribution >= 0.6 is 0 Å². The third-order valence-electron chi connectivity index (χ3n) is 4.50. The van der Waals surface area contributed by atoms with Crippen molar-refractivity contribution in [2.75, 3.05) is 0 Å². The number of fused-ring (bicyclic) bond motifs is 1. The summed E-state index contributed by atoms with van der Waals surface area (Å²) in [5.41, 5.74) is 2.76. The number of H-pyrrole nitrogens is 1. The molecule has 29 heavy (non-hydrogen) atoms. The Bertz CT molecular complexity index is 1200. The van der Waals surface area contributed by atoms with Crippen LogP contribution in [0.1, 0.15) is 21.5 Å². The van der Waals surface area contributed by atoms with Crippen LogP contribution in [0.2, 0.25) is 0 Å². The van der Waals surface area contributed by atoms with Crippen molar-refractivity contribution in [1.82, 2.24) is 15.3 Å². The standard InChI is InChI=1S/C23H19N3O3/c27-21-12-18(19-8-4-5-9-20(19)26-21)14-25-23(28)17-10-11-24-22(13-17)29-15-16-6-2-1-3-7-16/h1-13H,14-15H2,(H,25,28)(H,26,27). The summed E-state index contributed by atoms with van der Waals surface area (Å²) >= 11 is 0. The number of nitrogens with one attached hydrogen (secondary N) is 2. The molecule has 144 valence electrons. The van der Waals surface area contributed by atoms with Crippen molar-refractivity contribution in [3.63, 3.8) is 0 Å². The maximum Gasteiger partial charge on any atom is 0.251 e. The van der Waals surface area contributed by atoms with E-state index >= 15 is 0 Å². The van der Waals surface area contributed by atoms with E-state index < -0.39 is 0 Å². The van der Waals surface area contributed by atoms with Crippen LogP contribution in [0.25, 0.3) is 10.9 Å². The summed E-state index contributed by atoms with van der Waals surface area (Å²) in [6.07, 6.45) is 1.54. The van der Waals surface area contributed by atoms with Crippen molar-refractivity contribution in [3.8, 4) is 5.88 Å². The Morgan fingerprint density at radius 1 is 1.00 bits per heavy atom. The van der Waals surface area contributed by atoms with Crippen molar-refractivity contribution in [2.24, 2.45) is 0 Å². The predicted octanol–water partition coefficient (Wildman–Crippen LogP) is 3.43. The fourth-order valence-corrected chi connectivity index (χ4v) is 3.06. The first-order valence-electron chi connectivity index (χ1n) is 9.21. The molecule has 0 spiro atoms. The second-order valence-corrected chi connectivity index (χ2v) is 6.54. The third kappa shape index (κ3) is 4.50. The number of carbonyl (C=O) groups is 1. The van der Waals surface area contributed by atoms with Gasteiger partial charge >= 0.3 is 0 Å². The van der Waals surface area contributed by atoms with E-state index in [-0.39, 0.29) is 18.0 Å². The number of para-hydroxylation sites is 1. The van der Waals surface area contributed by atoms with Crippen molar-refractivity contribution in [3.05, 3.63) is 106 Å². The van der Waals surface area contributed by atoms with Gasteiger partial charge in [-0.25, -0.2) is 4.98 Å². The lowest BCUT2D eigenvalue weighted by atomic mass is 10.1. The van der Waals surface area contributed by atoms with Gasteiger partial charge in [-0.1, -0.05) is 48.5 Å². The highest BCUT2D eigenvalue weighted by Gasteiger charge is 2.10. The molecule has 0 aliphatic rings. The second kappa shape index (κ2) is 8.39. The third-order valence-corrected chi connectivity index (χ3v) is 4.50. The molecule has 0 saturated heterocycles. The number of nitrogens with zero attached hydrogens (tertiary/aromatic N) is 1. The molecule has 0 bridgehead atoms. The minimum Gasteiger partial charge on any atom is -0.473 e. The average molecular weight is 385 g/mol. The minimum absolute atomic E-state index is 0.201. The summed E-state index contributed by atoms with van der Waals surface area (Å²) in [5.74, 6) is 0.115. The molecular formula is C23H19N3O3. The molecule has 0 aliphatic carbocycles. The molecule has 0 saturated carbocycles. The maximum atomic E-state index is 12.6. The van der Waals surface area contributed by atoms with Crippen LogP contribution in [0.3, 0.4) is 0 Å². The van der Waals surface area contributed by atoms with Crippen LogP contribution in [-0.4, -0.2) is 15.9 Å². The number of hydrogen-bond acceptors (Lipinski definition) is 4. The molecule has 2 aromatic heterocycles. The minimum atomic E-state index is -0.263. The molecule has 1 amide bonds. The predicted molar refractivity (Wildman–Crippen MR) is 111 cm³/mol. The Hall–Kier alpha value is -3.93. The first-order chi connectivity index (χ1) is 14.2. The van der Waals surface area contributed by atoms with E-state index in [0.29, 0.717) is 18.1 Å². The Morgan fingerprint density at radius 2 is 1.79 bits per heavy atom. The molecular weight excluding hydrogens is 366 g/mol. The highest BCUT2D eigenvalue weighted by Crippen LogP contribution is 2.15. The van der Waals surface area contributed by atoms with Crippen LogP contribution < -0.4 is 15.6 Å². The fourth-order valence-electron chi connectivity index (χ4n) is 3.06. The van der Waals surface area contributed by atoms with E-state index in [2.05, 4.69) is 15.3 Å². The summed E-state index contributed by atoms with van der Waals surface area (Å²) in [5, 5.41) is 3.76. The van der Waals surface area contributed by atoms with E-state index in [1.807, 2.05) is 54.6 Å². The number of carbonyl (C=O) groups excluding carboxylic acids is 1. The SMILES string of the molecule is O=C(NCc1cc(=O)[nH]c2ccccc12)c1ccnc(OCc2ccccc2)c1. The largest absolute Gasteiger partial charge is 0.473 e. The van der Waals surface area contributed by atoms with Crippen LogP contribution in [0, 0.1) is 0 Å². The highest BCUT2D eigenvalue weighted by molar-refractivity contribution is 5.94. The van der Waals surface area contributed by atoms with Crippen LogP contribution in [0.5, 0.6) is 5.88 Å². The number of hydrogen-bond donors (Lipinski definition) is 2. The van der Waals surface area contributed by atoms with Gasteiger partial charge < -0.3 is 15.0 Å². The molecule has 0 atom stereocenters. The molecule has 4 aromatic rings. The number of pyridine rings is 2. The number of rotatable bonds is 6. The first kappa shape index (κ1) is 18.4. The van der Waals surface area contributed by atoms with Gasteiger partial charge in [0.1, 0.15) is 6.61 Å². The molecule has 0 aliphatic heterocycles. The molecule has 2 aromatic carbocycles. The molecule has 4 rings (SSSR count). The molecule has 2 heterocycles. The Kier molecular flexibility index (Phi) is 5.33. The quantitative estimate of drug-likeness (QED) is 0.533. The summed E-state index contributed by atoms with van der Waals surface area (Å²) in [7, 11) is 0. The molecule has 0 radical (unpaired) electrons. The van der Waals surface area contributed by atoms with Gasteiger partial charge in [0.25, 0.3) is 5.91 Å². The topological polar surface area (TPSA) is 84.1 Å². The monoisotopic (exact) mass is 385 g/mol. The van der Waals surface area contributed by atoms with E-state index in [0.717, 1.165) is 22.0 Å². The summed E-state index contributed by atoms with van der Waals surface area (Å²) in [6.45, 7) is 0.615. The van der Waals surface area contributed by atoms with Crippen molar-refractivity contribution < 1.29 is 9.53 Å². The second-order valence-electron chi connectivity index (χ2n) is 6.54. The van der Waals surface area contributed by atoms with Crippen LogP contribution in [0.4, 0.5) is 0 Å². The fraction of sp³-hybridized carbons (Fsp3) is 0.0870. The summed E-state index contributed by atoms with van der Waals surface area (Å²) in [4.78, 5) is 31.4. The number of aromatic amines is 1. The first-order valence-corrected chi connectivity index (χ1v) is 9.21. The van der Waals surface area contributed by atoms with Gasteiger partial charge in [0.2, 0.25) is 11.4 Å². The average Bonchev–Trinajstić information content (AvgIpc) is 2.76. The van der Waals surface area contributed by atoms with Gasteiger partial charge in [-0.05, 0) is 23.3 Å². The van der Waals surface area contributed by atoms with Gasteiger partial charge in [-0.15, -0.1) is 0 Å². The van der Waals surface area contributed by atoms with Crippen molar-refractivity contribution in [1.29, 1.82) is 0 Å². The molecule has 2 N–H and O–H groups in total. The van der Waals surface area contributed by atoms with Gasteiger partial charge in [0, 0.05) is 41.3 Å². The molecule has 6 nitrogen and oxygen atoms in total. The number of ether oxygens (including phenoxy) is 1. The van der Waals surface area contributed by atoms with E-state index in [9.17, 15) is 9.59 Å². The van der Waals surface area contributed by atoms with Crippen LogP contribution in [0.15, 0.2) is 83.8 Å². The Balaban J connectivity index is 1.45. The highest BCUT2D eigenvalue weighted by atomic mass is 16.5. The lowest BCUT2D eigenvalue weighted by Crippen LogP contribution is -2.24. The van der Waals surface area contributed by atoms with E-state index in [1.54, 1.807) is 12.1 Å². The number of amides is 1. The summed E-state index contributed by atoms with van der Waals surface area (Å²) in [6, 6.07) is 22.0.